The molecule has 4 heteroatoms. The van der Waals surface area contributed by atoms with E-state index in [1.165, 1.54) is 10.9 Å². The second kappa shape index (κ2) is 7.37. The number of nitrogens with zero attached hydrogens (tertiary/aromatic N) is 1. The zero-order valence-electron chi connectivity index (χ0n) is 12.1. The first-order valence-corrected chi connectivity index (χ1v) is 7.61. The Balaban J connectivity index is 2.05. The summed E-state index contributed by atoms with van der Waals surface area (Å²) in [6.07, 6.45) is 0. The van der Waals surface area contributed by atoms with Gasteiger partial charge in [0.15, 0.2) is 0 Å². The summed E-state index contributed by atoms with van der Waals surface area (Å²) in [5.74, 6) is 5.36. The molecule has 21 heavy (non-hydrogen) atoms. The Morgan fingerprint density at radius 3 is 2.86 bits per heavy atom. The van der Waals surface area contributed by atoms with Crippen LogP contribution in [0.4, 0.5) is 4.39 Å². The van der Waals surface area contributed by atoms with Crippen molar-refractivity contribution in [1.82, 2.24) is 4.90 Å². The highest BCUT2D eigenvalue weighted by Gasteiger charge is 2.15. The van der Waals surface area contributed by atoms with Gasteiger partial charge in [-0.25, -0.2) is 4.39 Å². The van der Waals surface area contributed by atoms with Crippen LogP contribution in [0.15, 0.2) is 35.7 Å². The van der Waals surface area contributed by atoms with E-state index in [2.05, 4.69) is 16.7 Å². The zero-order valence-corrected chi connectivity index (χ0v) is 13.0. The molecule has 1 aromatic carbocycles. The predicted molar refractivity (Wildman–Crippen MR) is 84.6 cm³/mol. The maximum Gasteiger partial charge on any atom is 0.127 e. The minimum Gasteiger partial charge on any atom is -0.384 e. The summed E-state index contributed by atoms with van der Waals surface area (Å²) in [5, 5.41) is 10.7. The Morgan fingerprint density at radius 1 is 1.38 bits per heavy atom. The fourth-order valence-corrected chi connectivity index (χ4v) is 2.98. The lowest BCUT2D eigenvalue weighted by Gasteiger charge is -2.24. The van der Waals surface area contributed by atoms with Crippen LogP contribution in [0.3, 0.4) is 0 Å². The van der Waals surface area contributed by atoms with Crippen LogP contribution in [-0.2, 0) is 6.54 Å². The van der Waals surface area contributed by atoms with Gasteiger partial charge in [0.1, 0.15) is 12.4 Å². The number of halogens is 1. The standard InChI is InChI=1S/C17H18FNOS/c1-13(16-7-3-4-8-17(16)18)19(2)11-15-10-14(12-21-15)6-5-9-20/h3-4,7-8,10,12-13,20H,9,11H2,1-2H3. The summed E-state index contributed by atoms with van der Waals surface area (Å²) >= 11 is 1.63. The second-order valence-electron chi connectivity index (χ2n) is 4.87. The van der Waals surface area contributed by atoms with Crippen LogP contribution in [0.25, 0.3) is 0 Å². The molecule has 0 aliphatic rings. The van der Waals surface area contributed by atoms with Crippen LogP contribution in [0, 0.1) is 17.7 Å². The molecule has 0 aliphatic carbocycles. The Kier molecular flexibility index (Phi) is 5.51. The van der Waals surface area contributed by atoms with Crippen molar-refractivity contribution < 1.29 is 9.50 Å². The van der Waals surface area contributed by atoms with Gasteiger partial charge in [0, 0.05) is 34.0 Å². The topological polar surface area (TPSA) is 23.5 Å². The molecule has 1 heterocycles. The molecule has 1 unspecified atom stereocenters. The van der Waals surface area contributed by atoms with E-state index in [1.54, 1.807) is 17.4 Å². The number of hydrogen-bond donors (Lipinski definition) is 1. The number of aliphatic hydroxyl groups is 1. The second-order valence-corrected chi connectivity index (χ2v) is 5.87. The monoisotopic (exact) mass is 303 g/mol. The summed E-state index contributed by atoms with van der Waals surface area (Å²) in [5.41, 5.74) is 1.62. The van der Waals surface area contributed by atoms with Crippen molar-refractivity contribution >= 4 is 11.3 Å². The molecule has 0 saturated carbocycles. The molecule has 0 spiro atoms. The molecule has 0 radical (unpaired) electrons. The minimum atomic E-state index is -0.169. The Bertz CT molecular complexity index is 656. The average Bonchev–Trinajstić information content (AvgIpc) is 2.92. The Labute approximate surface area is 128 Å². The molecule has 0 aliphatic heterocycles. The Morgan fingerprint density at radius 2 is 2.14 bits per heavy atom. The van der Waals surface area contributed by atoms with Gasteiger partial charge in [0.25, 0.3) is 0 Å². The van der Waals surface area contributed by atoms with E-state index < -0.39 is 0 Å². The third kappa shape index (κ3) is 4.15. The quantitative estimate of drug-likeness (QED) is 0.875. The summed E-state index contributed by atoms with van der Waals surface area (Å²) in [6, 6.07) is 8.89. The van der Waals surface area contributed by atoms with E-state index in [1.807, 2.05) is 37.6 Å². The molecule has 2 aromatic rings. The SMILES string of the molecule is CC(c1ccccc1F)N(C)Cc1cc(C#CCO)cs1. The predicted octanol–water partition coefficient (Wildman–Crippen LogP) is 3.42. The van der Waals surface area contributed by atoms with E-state index in [4.69, 9.17) is 5.11 Å². The fourth-order valence-electron chi connectivity index (χ4n) is 2.10. The lowest BCUT2D eigenvalue weighted by molar-refractivity contribution is 0.250. The number of rotatable bonds is 4. The first-order chi connectivity index (χ1) is 10.1. The molecular weight excluding hydrogens is 285 g/mol. The highest BCUT2D eigenvalue weighted by atomic mass is 32.1. The maximum atomic E-state index is 13.8. The molecule has 110 valence electrons. The van der Waals surface area contributed by atoms with Gasteiger partial charge in [-0.05, 0) is 26.1 Å². The Hall–Kier alpha value is -1.67. The van der Waals surface area contributed by atoms with Crippen molar-refractivity contribution in [2.24, 2.45) is 0 Å². The van der Waals surface area contributed by atoms with Gasteiger partial charge in [-0.2, -0.15) is 0 Å². The lowest BCUT2D eigenvalue weighted by atomic mass is 10.1. The van der Waals surface area contributed by atoms with Crippen LogP contribution in [0.2, 0.25) is 0 Å². The van der Waals surface area contributed by atoms with Gasteiger partial charge in [0.05, 0.1) is 0 Å². The van der Waals surface area contributed by atoms with Crippen LogP contribution in [0.5, 0.6) is 0 Å². The van der Waals surface area contributed by atoms with Crippen molar-refractivity contribution in [3.8, 4) is 11.8 Å². The smallest absolute Gasteiger partial charge is 0.127 e. The van der Waals surface area contributed by atoms with Gasteiger partial charge in [0.2, 0.25) is 0 Å². The van der Waals surface area contributed by atoms with Crippen molar-refractivity contribution in [1.29, 1.82) is 0 Å². The number of hydrogen-bond acceptors (Lipinski definition) is 3. The minimum absolute atomic E-state index is 0.000256. The van der Waals surface area contributed by atoms with E-state index in [0.29, 0.717) is 5.56 Å². The molecule has 2 nitrogen and oxygen atoms in total. The highest BCUT2D eigenvalue weighted by Crippen LogP contribution is 2.24. The van der Waals surface area contributed by atoms with Gasteiger partial charge in [-0.1, -0.05) is 30.0 Å². The van der Waals surface area contributed by atoms with Crippen LogP contribution in [-0.4, -0.2) is 23.7 Å². The van der Waals surface area contributed by atoms with Gasteiger partial charge in [-0.15, -0.1) is 11.3 Å². The van der Waals surface area contributed by atoms with Crippen molar-refractivity contribution in [3.05, 3.63) is 57.5 Å². The number of thiophene rings is 1. The first kappa shape index (κ1) is 15.7. The molecule has 1 N–H and O–H groups in total. The van der Waals surface area contributed by atoms with Crippen molar-refractivity contribution in [2.45, 2.75) is 19.5 Å². The van der Waals surface area contributed by atoms with Crippen LogP contribution < -0.4 is 0 Å². The molecule has 0 fully saturated rings. The molecule has 1 atom stereocenters. The van der Waals surface area contributed by atoms with E-state index in [-0.39, 0.29) is 18.5 Å². The van der Waals surface area contributed by atoms with Crippen LogP contribution in [0.1, 0.15) is 29.0 Å². The lowest BCUT2D eigenvalue weighted by Crippen LogP contribution is -2.22. The summed E-state index contributed by atoms with van der Waals surface area (Å²) in [6.45, 7) is 2.61. The van der Waals surface area contributed by atoms with Gasteiger partial charge in [-0.3, -0.25) is 4.90 Å². The molecule has 1 aromatic heterocycles. The van der Waals surface area contributed by atoms with Crippen molar-refractivity contribution in [3.63, 3.8) is 0 Å². The van der Waals surface area contributed by atoms with Crippen molar-refractivity contribution in [2.75, 3.05) is 13.7 Å². The van der Waals surface area contributed by atoms with Gasteiger partial charge < -0.3 is 5.11 Å². The summed E-state index contributed by atoms with van der Waals surface area (Å²) in [4.78, 5) is 3.27. The number of aliphatic hydroxyl groups excluding tert-OH is 1. The largest absolute Gasteiger partial charge is 0.384 e. The zero-order chi connectivity index (χ0) is 15.2. The molecule has 0 amide bonds. The van der Waals surface area contributed by atoms with Crippen LogP contribution >= 0.6 is 11.3 Å². The van der Waals surface area contributed by atoms with E-state index in [9.17, 15) is 4.39 Å². The first-order valence-electron chi connectivity index (χ1n) is 6.73. The number of benzene rings is 1. The average molecular weight is 303 g/mol. The molecule has 0 bridgehead atoms. The maximum absolute atomic E-state index is 13.8. The van der Waals surface area contributed by atoms with E-state index in [0.717, 1.165) is 12.1 Å². The molecular formula is C17H18FNOS. The van der Waals surface area contributed by atoms with Gasteiger partial charge >= 0.3 is 0 Å². The third-order valence-electron chi connectivity index (χ3n) is 3.39. The fraction of sp³-hybridized carbons (Fsp3) is 0.294. The van der Waals surface area contributed by atoms with E-state index >= 15 is 0 Å². The summed E-state index contributed by atoms with van der Waals surface area (Å²) < 4.78 is 13.8. The third-order valence-corrected chi connectivity index (χ3v) is 4.31. The summed E-state index contributed by atoms with van der Waals surface area (Å²) in [7, 11) is 1.98. The normalized spacial score (nSPS) is 12.0. The highest BCUT2D eigenvalue weighted by molar-refractivity contribution is 7.10. The molecule has 0 saturated heterocycles. The molecule has 2 rings (SSSR count).